The molecule has 4 heterocycles. The van der Waals surface area contributed by atoms with E-state index in [1.807, 2.05) is 24.3 Å². The van der Waals surface area contributed by atoms with Gasteiger partial charge in [-0.05, 0) is 43.0 Å². The number of amides is 3. The lowest BCUT2D eigenvalue weighted by Gasteiger charge is -2.43. The molecule has 0 radical (unpaired) electrons. The number of piperidine rings is 1. The van der Waals surface area contributed by atoms with E-state index in [0.717, 1.165) is 21.6 Å². The van der Waals surface area contributed by atoms with Gasteiger partial charge in [0.15, 0.2) is 0 Å². The number of carbonyl (C=O) groups excluding carboxylic acids is 3. The van der Waals surface area contributed by atoms with Gasteiger partial charge in [-0.25, -0.2) is 4.98 Å². The molecule has 40 heavy (non-hydrogen) atoms. The third-order valence-corrected chi connectivity index (χ3v) is 8.30. The van der Waals surface area contributed by atoms with E-state index >= 15 is 0 Å². The minimum atomic E-state index is -4.59. The first-order chi connectivity index (χ1) is 19.1. The van der Waals surface area contributed by atoms with Gasteiger partial charge in [-0.2, -0.15) is 13.2 Å². The molecule has 4 atom stereocenters. The van der Waals surface area contributed by atoms with Crippen LogP contribution in [0.1, 0.15) is 52.0 Å². The van der Waals surface area contributed by atoms with Crippen molar-refractivity contribution in [2.75, 3.05) is 11.9 Å². The second-order valence-corrected chi connectivity index (χ2v) is 10.7. The first-order valence-corrected chi connectivity index (χ1v) is 13.0. The smallest absolute Gasteiger partial charge is 0.340 e. The number of aromatic nitrogens is 2. The molecule has 3 aromatic rings. The lowest BCUT2D eigenvalue weighted by molar-refractivity contribution is -0.170. The lowest BCUT2D eigenvalue weighted by atomic mass is 9.80. The molecule has 1 aliphatic carbocycles. The first kappa shape index (κ1) is 26.0. The Morgan fingerprint density at radius 3 is 2.65 bits per heavy atom. The number of anilines is 1. The van der Waals surface area contributed by atoms with Gasteiger partial charge in [0.1, 0.15) is 18.4 Å². The summed E-state index contributed by atoms with van der Waals surface area (Å²) in [7, 11) is 0. The summed E-state index contributed by atoms with van der Waals surface area (Å²) in [5.74, 6) is -1.45. The Morgan fingerprint density at radius 1 is 1.12 bits per heavy atom. The van der Waals surface area contributed by atoms with Crippen LogP contribution in [0.2, 0.25) is 0 Å². The number of rotatable bonds is 4. The number of nitrogens with one attached hydrogen (secondary N) is 2. The van der Waals surface area contributed by atoms with Crippen LogP contribution in [0.4, 0.5) is 19.0 Å². The summed E-state index contributed by atoms with van der Waals surface area (Å²) < 4.78 is 40.3. The van der Waals surface area contributed by atoms with Crippen molar-refractivity contribution in [1.29, 1.82) is 0 Å². The van der Waals surface area contributed by atoms with Gasteiger partial charge < -0.3 is 15.5 Å². The topological polar surface area (TPSA) is 104 Å². The van der Waals surface area contributed by atoms with Gasteiger partial charge in [-0.3, -0.25) is 19.4 Å². The molecule has 6 rings (SSSR count). The molecule has 2 aliphatic heterocycles. The summed E-state index contributed by atoms with van der Waals surface area (Å²) in [6, 6.07) is 12.4. The molecule has 0 unspecified atom stereocenters. The van der Waals surface area contributed by atoms with Crippen molar-refractivity contribution in [3.05, 3.63) is 88.9 Å². The van der Waals surface area contributed by atoms with E-state index in [9.17, 15) is 27.6 Å². The van der Waals surface area contributed by atoms with Crippen LogP contribution in [-0.2, 0) is 27.8 Å². The van der Waals surface area contributed by atoms with E-state index in [0.29, 0.717) is 24.4 Å². The van der Waals surface area contributed by atoms with Crippen molar-refractivity contribution < 1.29 is 27.6 Å². The SMILES string of the molecule is C[C@@H]1[C@H](c2ccccc2)C[C@H](NC(=O)c2cnc3c(c2)C[C@@]2(C3)C(=O)Nc3ncccc32)C(=O)N1CC(F)(F)F. The molecule has 206 valence electrons. The minimum absolute atomic E-state index is 0.162. The third kappa shape index (κ3) is 4.39. The maximum atomic E-state index is 13.4. The predicted molar refractivity (Wildman–Crippen MR) is 138 cm³/mol. The van der Waals surface area contributed by atoms with Crippen molar-refractivity contribution in [3.8, 4) is 0 Å². The molecule has 3 aliphatic rings. The van der Waals surface area contributed by atoms with E-state index in [2.05, 4.69) is 20.6 Å². The highest BCUT2D eigenvalue weighted by Gasteiger charge is 2.52. The van der Waals surface area contributed by atoms with Crippen molar-refractivity contribution >= 4 is 23.5 Å². The Morgan fingerprint density at radius 2 is 1.90 bits per heavy atom. The van der Waals surface area contributed by atoms with Crippen LogP contribution >= 0.6 is 0 Å². The number of likely N-dealkylation sites (tertiary alicyclic amines) is 1. The number of pyridine rings is 2. The van der Waals surface area contributed by atoms with Gasteiger partial charge in [0, 0.05) is 42.0 Å². The highest BCUT2D eigenvalue weighted by molar-refractivity contribution is 6.06. The molecule has 8 nitrogen and oxygen atoms in total. The Kier molecular flexibility index (Phi) is 6.12. The van der Waals surface area contributed by atoms with Crippen LogP contribution < -0.4 is 10.6 Å². The van der Waals surface area contributed by atoms with Crippen LogP contribution in [-0.4, -0.2) is 57.4 Å². The zero-order valence-electron chi connectivity index (χ0n) is 21.5. The summed E-state index contributed by atoms with van der Waals surface area (Å²) in [4.78, 5) is 49.0. The number of hydrogen-bond acceptors (Lipinski definition) is 5. The molecule has 2 N–H and O–H groups in total. The summed E-state index contributed by atoms with van der Waals surface area (Å²) in [5.41, 5.74) is 2.30. The summed E-state index contributed by atoms with van der Waals surface area (Å²) in [6.07, 6.45) is -0.753. The van der Waals surface area contributed by atoms with Gasteiger partial charge in [-0.15, -0.1) is 0 Å². The van der Waals surface area contributed by atoms with Crippen LogP contribution in [0.3, 0.4) is 0 Å². The van der Waals surface area contributed by atoms with Crippen LogP contribution in [0.25, 0.3) is 0 Å². The molecular weight excluding hydrogens is 523 g/mol. The van der Waals surface area contributed by atoms with E-state index in [-0.39, 0.29) is 17.9 Å². The van der Waals surface area contributed by atoms with E-state index in [1.165, 1.54) is 6.20 Å². The highest BCUT2D eigenvalue weighted by Crippen LogP contribution is 2.46. The summed E-state index contributed by atoms with van der Waals surface area (Å²) >= 11 is 0. The molecule has 1 aromatic carbocycles. The molecule has 1 saturated heterocycles. The van der Waals surface area contributed by atoms with E-state index in [1.54, 1.807) is 37.4 Å². The van der Waals surface area contributed by atoms with Crippen molar-refractivity contribution in [3.63, 3.8) is 0 Å². The second-order valence-electron chi connectivity index (χ2n) is 10.7. The Labute approximate surface area is 228 Å². The normalized spacial score (nSPS) is 25.5. The minimum Gasteiger partial charge on any atom is -0.340 e. The molecule has 2 aromatic heterocycles. The Bertz CT molecular complexity index is 1510. The fourth-order valence-electron chi connectivity index (χ4n) is 6.30. The van der Waals surface area contributed by atoms with Crippen molar-refractivity contribution in [1.82, 2.24) is 20.2 Å². The standard InChI is InChI=1S/C29H26F3N5O3/c1-16-20(17-6-3-2-4-7-17)11-22(26(39)37(16)15-29(30,31)32)35-25(38)19-10-18-12-28(13-23(18)34-14-19)21-8-5-9-33-24(21)36-27(28)40/h2-10,14,16,20,22H,11-13,15H2,1H3,(H,35,38)(H,33,36,40)/t16-,20-,22+,28+/m1/s1. The highest BCUT2D eigenvalue weighted by atomic mass is 19.4. The molecule has 1 fully saturated rings. The first-order valence-electron chi connectivity index (χ1n) is 13.0. The largest absolute Gasteiger partial charge is 0.406 e. The molecule has 0 bridgehead atoms. The number of hydrogen-bond donors (Lipinski definition) is 2. The number of fused-ring (bicyclic) bond motifs is 3. The molecule has 11 heteroatoms. The van der Waals surface area contributed by atoms with Crippen LogP contribution in [0.15, 0.2) is 60.9 Å². The number of nitrogens with zero attached hydrogens (tertiary/aromatic N) is 3. The molecular formula is C29H26F3N5O3. The Hall–Kier alpha value is -4.28. The lowest BCUT2D eigenvalue weighted by Crippen LogP contribution is -2.59. The number of benzene rings is 1. The molecule has 3 amide bonds. The molecule has 1 spiro atoms. The maximum absolute atomic E-state index is 13.4. The van der Waals surface area contributed by atoms with Crippen LogP contribution in [0, 0.1) is 0 Å². The average molecular weight is 550 g/mol. The fraction of sp³-hybridized carbons (Fsp3) is 0.345. The predicted octanol–water partition coefficient (Wildman–Crippen LogP) is 3.53. The van der Waals surface area contributed by atoms with E-state index in [4.69, 9.17) is 0 Å². The zero-order chi connectivity index (χ0) is 28.2. The third-order valence-electron chi connectivity index (χ3n) is 8.30. The number of alkyl halides is 3. The Balaban J connectivity index is 1.25. The van der Waals surface area contributed by atoms with Crippen molar-refractivity contribution in [2.45, 2.75) is 55.8 Å². The van der Waals surface area contributed by atoms with Gasteiger partial charge in [0.2, 0.25) is 11.8 Å². The van der Waals surface area contributed by atoms with Crippen LogP contribution in [0.5, 0.6) is 0 Å². The fourth-order valence-corrected chi connectivity index (χ4v) is 6.30. The summed E-state index contributed by atoms with van der Waals surface area (Å²) in [5, 5.41) is 5.49. The molecule has 0 saturated carbocycles. The zero-order valence-corrected chi connectivity index (χ0v) is 21.5. The van der Waals surface area contributed by atoms with Gasteiger partial charge in [-0.1, -0.05) is 36.4 Å². The number of carbonyl (C=O) groups is 3. The maximum Gasteiger partial charge on any atom is 0.406 e. The number of halogens is 3. The average Bonchev–Trinajstić information content (AvgIpc) is 3.44. The summed E-state index contributed by atoms with van der Waals surface area (Å²) in [6.45, 7) is 0.204. The van der Waals surface area contributed by atoms with Gasteiger partial charge >= 0.3 is 6.18 Å². The van der Waals surface area contributed by atoms with Gasteiger partial charge in [0.25, 0.3) is 5.91 Å². The van der Waals surface area contributed by atoms with Gasteiger partial charge in [0.05, 0.1) is 11.0 Å². The monoisotopic (exact) mass is 549 g/mol. The van der Waals surface area contributed by atoms with Crippen molar-refractivity contribution in [2.24, 2.45) is 0 Å². The van der Waals surface area contributed by atoms with E-state index < -0.39 is 48.0 Å². The second kappa shape index (κ2) is 9.42. The quantitative estimate of drug-likeness (QED) is 0.518.